The minimum absolute atomic E-state index is 0.245. The van der Waals surface area contributed by atoms with Crippen molar-refractivity contribution in [3.8, 4) is 0 Å². The van der Waals surface area contributed by atoms with E-state index in [9.17, 15) is 14.0 Å². The zero-order valence-corrected chi connectivity index (χ0v) is 14.5. The zero-order chi connectivity index (χ0) is 18.8. The van der Waals surface area contributed by atoms with Gasteiger partial charge in [-0.15, -0.1) is 0 Å². The number of benzene rings is 1. The number of carbonyl (C=O) groups is 2. The van der Waals surface area contributed by atoms with Crippen LogP contribution in [-0.4, -0.2) is 32.8 Å². The number of halogens is 1. The monoisotopic (exact) mass is 367 g/mol. The first-order chi connectivity index (χ1) is 13.1. The van der Waals surface area contributed by atoms with E-state index in [1.54, 1.807) is 35.6 Å². The first-order valence-corrected chi connectivity index (χ1v) is 8.73. The molecule has 1 amide bonds. The Morgan fingerprint density at radius 1 is 1.33 bits per heavy atom. The van der Waals surface area contributed by atoms with E-state index in [-0.39, 0.29) is 30.7 Å². The van der Waals surface area contributed by atoms with E-state index < -0.39 is 6.10 Å². The predicted octanol–water partition coefficient (Wildman–Crippen LogP) is 2.94. The molecule has 6 nitrogen and oxygen atoms in total. The second kappa shape index (κ2) is 7.19. The van der Waals surface area contributed by atoms with Crippen molar-refractivity contribution in [1.29, 1.82) is 0 Å². The molecule has 3 aromatic rings. The van der Waals surface area contributed by atoms with Crippen LogP contribution in [0.4, 0.5) is 4.39 Å². The van der Waals surface area contributed by atoms with Gasteiger partial charge in [0.2, 0.25) is 0 Å². The fraction of sp³-hybridized carbons (Fsp3) is 0.250. The Morgan fingerprint density at radius 2 is 2.22 bits per heavy atom. The lowest BCUT2D eigenvalue weighted by Gasteiger charge is -2.25. The van der Waals surface area contributed by atoms with E-state index >= 15 is 0 Å². The van der Waals surface area contributed by atoms with E-state index in [0.29, 0.717) is 13.0 Å². The summed E-state index contributed by atoms with van der Waals surface area (Å²) in [6.45, 7) is 0.591. The van der Waals surface area contributed by atoms with Gasteiger partial charge in [0.1, 0.15) is 5.82 Å². The Morgan fingerprint density at radius 3 is 2.96 bits per heavy atom. The molecule has 0 spiro atoms. The Kier molecular flexibility index (Phi) is 4.58. The maximum atomic E-state index is 13.7. The highest BCUT2D eigenvalue weighted by atomic mass is 19.1. The van der Waals surface area contributed by atoms with Crippen LogP contribution in [0.15, 0.2) is 48.9 Å². The van der Waals surface area contributed by atoms with Gasteiger partial charge in [-0.05, 0) is 35.4 Å². The summed E-state index contributed by atoms with van der Waals surface area (Å²) in [6, 6.07) is 8.18. The molecule has 1 unspecified atom stereocenters. The number of hydrogen-bond acceptors (Lipinski definition) is 4. The number of nitrogens with one attached hydrogen (secondary N) is 1. The molecule has 4 rings (SSSR count). The number of aromatic nitrogens is 2. The van der Waals surface area contributed by atoms with Crippen LogP contribution in [0.1, 0.15) is 24.0 Å². The van der Waals surface area contributed by atoms with Gasteiger partial charge in [0.15, 0.2) is 6.10 Å². The number of aromatic amines is 1. The van der Waals surface area contributed by atoms with E-state index in [2.05, 4.69) is 9.97 Å². The smallest absolute Gasteiger partial charge is 0.306 e. The van der Waals surface area contributed by atoms with Crippen molar-refractivity contribution < 1.29 is 18.7 Å². The highest BCUT2D eigenvalue weighted by Crippen LogP contribution is 2.24. The largest absolute Gasteiger partial charge is 0.452 e. The summed E-state index contributed by atoms with van der Waals surface area (Å²) in [5.74, 6) is -0.947. The lowest BCUT2D eigenvalue weighted by atomic mass is 10.1. The Labute approximate surface area is 155 Å². The number of esters is 1. The highest BCUT2D eigenvalue weighted by molar-refractivity contribution is 5.87. The summed E-state index contributed by atoms with van der Waals surface area (Å²) in [7, 11) is 0. The van der Waals surface area contributed by atoms with Crippen LogP contribution < -0.4 is 0 Å². The normalized spacial score (nSPS) is 16.5. The molecule has 1 aromatic carbocycles. The van der Waals surface area contributed by atoms with Gasteiger partial charge >= 0.3 is 5.97 Å². The van der Waals surface area contributed by atoms with Crippen molar-refractivity contribution >= 4 is 22.8 Å². The lowest BCUT2D eigenvalue weighted by Crippen LogP contribution is -2.38. The molecular weight excluding hydrogens is 349 g/mol. The molecule has 0 radical (unpaired) electrons. The molecule has 0 aliphatic carbocycles. The Balaban J connectivity index is 1.63. The average Bonchev–Trinajstić information content (AvgIpc) is 3.28. The number of H-pyrrole nitrogens is 1. The van der Waals surface area contributed by atoms with Gasteiger partial charge in [-0.3, -0.25) is 14.6 Å². The number of hydrogen-bond donors (Lipinski definition) is 1. The molecule has 0 saturated carbocycles. The molecule has 1 N–H and O–H groups in total. The van der Waals surface area contributed by atoms with Crippen LogP contribution in [0.5, 0.6) is 0 Å². The molecule has 3 heterocycles. The number of amides is 1. The number of ether oxygens (including phenoxy) is 1. The third-order valence-electron chi connectivity index (χ3n) is 4.66. The molecule has 1 aliphatic heterocycles. The standard InChI is InChI=1S/C20H18FN3O3/c21-15-3-4-17-16(8-15)14(10-23-17)12-24(11-13-2-1-7-22-9-13)20(26)18-5-6-19(25)27-18/h1-4,7-10,18,23H,5-6,11-12H2. The third-order valence-corrected chi connectivity index (χ3v) is 4.66. The van der Waals surface area contributed by atoms with Crippen molar-refractivity contribution in [2.45, 2.75) is 32.0 Å². The fourth-order valence-electron chi connectivity index (χ4n) is 3.31. The van der Waals surface area contributed by atoms with Crippen molar-refractivity contribution in [2.75, 3.05) is 0 Å². The minimum Gasteiger partial charge on any atom is -0.452 e. The molecule has 138 valence electrons. The second-order valence-corrected chi connectivity index (χ2v) is 6.58. The van der Waals surface area contributed by atoms with Crippen LogP contribution in [-0.2, 0) is 27.4 Å². The number of carbonyl (C=O) groups excluding carboxylic acids is 2. The number of pyridine rings is 1. The molecule has 7 heteroatoms. The van der Waals surface area contributed by atoms with Crippen LogP contribution in [0.3, 0.4) is 0 Å². The molecule has 27 heavy (non-hydrogen) atoms. The van der Waals surface area contributed by atoms with E-state index in [1.165, 1.54) is 12.1 Å². The van der Waals surface area contributed by atoms with Gasteiger partial charge in [0.25, 0.3) is 5.91 Å². The molecule has 0 bridgehead atoms. The average molecular weight is 367 g/mol. The molecule has 2 aromatic heterocycles. The van der Waals surface area contributed by atoms with Gasteiger partial charge in [0, 0.05) is 55.4 Å². The van der Waals surface area contributed by atoms with Gasteiger partial charge in [-0.25, -0.2) is 4.39 Å². The molecule has 1 saturated heterocycles. The van der Waals surface area contributed by atoms with Crippen molar-refractivity contribution in [3.63, 3.8) is 0 Å². The van der Waals surface area contributed by atoms with E-state index in [0.717, 1.165) is 22.0 Å². The highest BCUT2D eigenvalue weighted by Gasteiger charge is 2.33. The number of rotatable bonds is 5. The van der Waals surface area contributed by atoms with Crippen LogP contribution in [0.25, 0.3) is 10.9 Å². The molecule has 1 atom stereocenters. The maximum Gasteiger partial charge on any atom is 0.306 e. The first-order valence-electron chi connectivity index (χ1n) is 8.73. The molecular formula is C20H18FN3O3. The zero-order valence-electron chi connectivity index (χ0n) is 14.5. The van der Waals surface area contributed by atoms with Crippen molar-refractivity contribution in [1.82, 2.24) is 14.9 Å². The van der Waals surface area contributed by atoms with Gasteiger partial charge in [-0.2, -0.15) is 0 Å². The van der Waals surface area contributed by atoms with Gasteiger partial charge in [-0.1, -0.05) is 6.07 Å². The maximum absolute atomic E-state index is 13.7. The van der Waals surface area contributed by atoms with Gasteiger partial charge in [0.05, 0.1) is 0 Å². The summed E-state index contributed by atoms with van der Waals surface area (Å²) in [5, 5.41) is 0.724. The van der Waals surface area contributed by atoms with Gasteiger partial charge < -0.3 is 14.6 Å². The summed E-state index contributed by atoms with van der Waals surface area (Å²) in [4.78, 5) is 33.2. The number of cyclic esters (lactones) is 1. The summed E-state index contributed by atoms with van der Waals surface area (Å²) in [5.41, 5.74) is 2.46. The lowest BCUT2D eigenvalue weighted by molar-refractivity contribution is -0.153. The Bertz CT molecular complexity index is 987. The Hall–Kier alpha value is -3.22. The third kappa shape index (κ3) is 3.67. The summed E-state index contributed by atoms with van der Waals surface area (Å²) >= 11 is 0. The van der Waals surface area contributed by atoms with Crippen LogP contribution in [0, 0.1) is 5.82 Å². The number of nitrogens with zero attached hydrogens (tertiary/aromatic N) is 2. The SMILES string of the molecule is O=C1CCC(C(=O)N(Cc2cccnc2)Cc2c[nH]c3ccc(F)cc23)O1. The quantitative estimate of drug-likeness (QED) is 0.704. The first kappa shape index (κ1) is 17.2. The van der Waals surface area contributed by atoms with Crippen molar-refractivity contribution in [2.24, 2.45) is 0 Å². The predicted molar refractivity (Wildman–Crippen MR) is 95.9 cm³/mol. The summed E-state index contributed by atoms with van der Waals surface area (Å²) in [6.07, 6.45) is 4.98. The summed E-state index contributed by atoms with van der Waals surface area (Å²) < 4.78 is 18.8. The van der Waals surface area contributed by atoms with Crippen molar-refractivity contribution in [3.05, 3.63) is 65.9 Å². The minimum atomic E-state index is -0.767. The second-order valence-electron chi connectivity index (χ2n) is 6.58. The fourth-order valence-corrected chi connectivity index (χ4v) is 3.31. The number of fused-ring (bicyclic) bond motifs is 1. The van der Waals surface area contributed by atoms with Crippen LogP contribution >= 0.6 is 0 Å². The van der Waals surface area contributed by atoms with E-state index in [1.807, 2.05) is 6.07 Å². The topological polar surface area (TPSA) is 75.3 Å². The van der Waals surface area contributed by atoms with E-state index in [4.69, 9.17) is 4.74 Å². The molecule has 1 fully saturated rings. The van der Waals surface area contributed by atoms with Crippen LogP contribution in [0.2, 0.25) is 0 Å². The molecule has 1 aliphatic rings.